The Morgan fingerprint density at radius 2 is 1.90 bits per heavy atom. The minimum atomic E-state index is -4.02. The van der Waals surface area contributed by atoms with Crippen LogP contribution in [-0.2, 0) is 21.1 Å². The van der Waals surface area contributed by atoms with Crippen LogP contribution in [0.1, 0.15) is 5.56 Å². The predicted molar refractivity (Wildman–Crippen MR) is 117 cm³/mol. The maximum absolute atomic E-state index is 13.4. The number of methoxy groups -OCH3 is 1. The number of halogens is 1. The van der Waals surface area contributed by atoms with Crippen LogP contribution in [0, 0.1) is 6.92 Å². The molecule has 3 aromatic heterocycles. The molecule has 0 unspecified atom stereocenters. The predicted octanol–water partition coefficient (Wildman–Crippen LogP) is 2.16. The van der Waals surface area contributed by atoms with Crippen LogP contribution in [0.3, 0.4) is 0 Å². The van der Waals surface area contributed by atoms with Crippen LogP contribution in [-0.4, -0.2) is 31.5 Å². The summed E-state index contributed by atoms with van der Waals surface area (Å²) in [5.74, 6) is -0.0251. The van der Waals surface area contributed by atoms with Gasteiger partial charge in [-0.05, 0) is 48.9 Å². The van der Waals surface area contributed by atoms with E-state index in [-0.39, 0.29) is 39.7 Å². The minimum Gasteiger partial charge on any atom is -0.381 e. The molecule has 0 saturated carbocycles. The van der Waals surface area contributed by atoms with Crippen LogP contribution >= 0.6 is 11.6 Å². The zero-order chi connectivity index (χ0) is 22.3. The summed E-state index contributed by atoms with van der Waals surface area (Å²) >= 11 is 5.90. The Morgan fingerprint density at radius 1 is 1.19 bits per heavy atom. The van der Waals surface area contributed by atoms with Crippen molar-refractivity contribution in [2.45, 2.75) is 23.3 Å². The highest BCUT2D eigenvalue weighted by Gasteiger charge is 2.29. The molecule has 8 nitrogen and oxygen atoms in total. The molecule has 31 heavy (non-hydrogen) atoms. The fourth-order valence-electron chi connectivity index (χ4n) is 3.40. The smallest absolute Gasteiger partial charge is 0.278 e. The number of aryl methyl sites for hydroxylation is 1. The fraction of sp³-hybridized carbons (Fsp3) is 0.190. The van der Waals surface area contributed by atoms with Gasteiger partial charge in [-0.1, -0.05) is 22.7 Å². The molecule has 4 aromatic rings. The molecule has 0 saturated heterocycles. The van der Waals surface area contributed by atoms with E-state index in [0.29, 0.717) is 16.3 Å². The summed E-state index contributed by atoms with van der Waals surface area (Å²) in [6.45, 7) is 2.33. The van der Waals surface area contributed by atoms with Crippen molar-refractivity contribution < 1.29 is 17.7 Å². The van der Waals surface area contributed by atoms with Gasteiger partial charge < -0.3 is 10.5 Å². The summed E-state index contributed by atoms with van der Waals surface area (Å²) in [4.78, 5) is 17.7. The van der Waals surface area contributed by atoms with E-state index < -0.39 is 9.84 Å². The lowest BCUT2D eigenvalue weighted by atomic mass is 10.2. The highest BCUT2D eigenvalue weighted by molar-refractivity contribution is 7.91. The van der Waals surface area contributed by atoms with Crippen LogP contribution in [0.5, 0.6) is 0 Å². The van der Waals surface area contributed by atoms with Crippen molar-refractivity contribution in [3.63, 3.8) is 0 Å². The summed E-state index contributed by atoms with van der Waals surface area (Å²) in [6, 6.07) is 10.6. The number of nitrogens with two attached hydrogens (primary N) is 1. The third-order valence-electron chi connectivity index (χ3n) is 4.99. The van der Waals surface area contributed by atoms with Crippen LogP contribution in [0.2, 0.25) is 5.02 Å². The van der Waals surface area contributed by atoms with Gasteiger partial charge in [0.05, 0.1) is 18.0 Å². The molecule has 0 aliphatic rings. The van der Waals surface area contributed by atoms with E-state index in [0.717, 1.165) is 5.56 Å². The normalized spacial score (nSPS) is 12.0. The fourth-order valence-corrected chi connectivity index (χ4v) is 4.93. The maximum Gasteiger partial charge on any atom is 0.278 e. The van der Waals surface area contributed by atoms with Gasteiger partial charge in [-0.15, -0.1) is 0 Å². The molecule has 0 aliphatic heterocycles. The van der Waals surface area contributed by atoms with Crippen LogP contribution < -0.4 is 15.9 Å². The second-order valence-corrected chi connectivity index (χ2v) is 9.44. The molecule has 2 N–H and O–H groups in total. The number of pyridine rings is 2. The molecular weight excluding hydrogens is 440 g/mol. The topological polar surface area (TPSA) is 108 Å². The first kappa shape index (κ1) is 21.2. The third kappa shape index (κ3) is 3.65. The number of benzene rings is 1. The monoisotopic (exact) mass is 459 g/mol. The van der Waals surface area contributed by atoms with Gasteiger partial charge in [0.15, 0.2) is 0 Å². The quantitative estimate of drug-likeness (QED) is 0.362. The summed E-state index contributed by atoms with van der Waals surface area (Å²) in [7, 11) is -2.50. The van der Waals surface area contributed by atoms with Crippen molar-refractivity contribution in [3.05, 3.63) is 69.6 Å². The lowest BCUT2D eigenvalue weighted by molar-refractivity contribution is -0.662. The molecule has 3 heterocycles. The molecule has 0 radical (unpaired) electrons. The average molecular weight is 460 g/mol. The van der Waals surface area contributed by atoms with E-state index in [1.807, 2.05) is 13.0 Å². The lowest BCUT2D eigenvalue weighted by Crippen LogP contribution is -2.43. The summed E-state index contributed by atoms with van der Waals surface area (Å²) in [5, 5.41) is 0.547. The number of aromatic nitrogens is 3. The van der Waals surface area contributed by atoms with Gasteiger partial charge in [0.2, 0.25) is 21.3 Å². The van der Waals surface area contributed by atoms with Gasteiger partial charge in [0, 0.05) is 18.3 Å². The Balaban J connectivity index is 2.10. The Kier molecular flexibility index (Phi) is 5.42. The molecular formula is C21H20ClN4O4S+. The number of sulfone groups is 1. The molecule has 4 rings (SSSR count). The number of nitrogen functional groups attached to an aromatic ring is 1. The summed E-state index contributed by atoms with van der Waals surface area (Å²) < 4.78 is 34.8. The first-order valence-corrected chi connectivity index (χ1v) is 11.2. The summed E-state index contributed by atoms with van der Waals surface area (Å²) in [6.07, 6.45) is 1.66. The molecule has 0 aliphatic carbocycles. The standard InChI is InChI=1S/C21H19ClN4O4S/c1-13-3-8-18-24-20-16(21(27)26(18)12-13)11-17(19(23)25(20)9-10-30-2)31(28,29)15-6-4-14(22)5-7-15/h3-8,11-12,23H,9-10H2,1-2H3/p+1. The number of nitrogens with zero attached hydrogens (tertiary/aromatic N) is 3. The van der Waals surface area contributed by atoms with Gasteiger partial charge in [0.25, 0.3) is 11.2 Å². The number of rotatable bonds is 5. The van der Waals surface area contributed by atoms with Crippen LogP contribution in [0.15, 0.2) is 63.2 Å². The van der Waals surface area contributed by atoms with Crippen molar-refractivity contribution in [2.24, 2.45) is 0 Å². The lowest BCUT2D eigenvalue weighted by Gasteiger charge is -2.13. The first-order valence-electron chi connectivity index (χ1n) is 9.38. The van der Waals surface area contributed by atoms with E-state index in [1.165, 1.54) is 46.4 Å². The van der Waals surface area contributed by atoms with Crippen molar-refractivity contribution in [1.82, 2.24) is 9.38 Å². The maximum atomic E-state index is 13.4. The first-order chi connectivity index (χ1) is 14.7. The largest absolute Gasteiger partial charge is 0.381 e. The van der Waals surface area contributed by atoms with Crippen molar-refractivity contribution in [1.29, 1.82) is 0 Å². The zero-order valence-electron chi connectivity index (χ0n) is 16.9. The second kappa shape index (κ2) is 7.92. The van der Waals surface area contributed by atoms with Crippen LogP contribution in [0.4, 0.5) is 5.82 Å². The number of hydrogen-bond acceptors (Lipinski definition) is 6. The highest BCUT2D eigenvalue weighted by atomic mass is 35.5. The van der Waals surface area contributed by atoms with E-state index in [4.69, 9.17) is 22.1 Å². The molecule has 0 amide bonds. The Hall–Kier alpha value is -3.01. The highest BCUT2D eigenvalue weighted by Crippen LogP contribution is 2.27. The van der Waals surface area contributed by atoms with Gasteiger partial charge in [-0.2, -0.15) is 0 Å². The second-order valence-electron chi connectivity index (χ2n) is 7.08. The van der Waals surface area contributed by atoms with Crippen molar-refractivity contribution >= 4 is 43.9 Å². The molecule has 0 fully saturated rings. The van der Waals surface area contributed by atoms with Crippen LogP contribution in [0.25, 0.3) is 16.7 Å². The SMILES string of the molecule is COCC[n+]1c(N)c(S(=O)(=O)c2ccc(Cl)cc2)cc2c(=O)n3cc(C)ccc3nc21. The Bertz CT molecular complexity index is 1480. The zero-order valence-corrected chi connectivity index (χ0v) is 18.4. The van der Waals surface area contributed by atoms with Crippen molar-refractivity contribution in [2.75, 3.05) is 19.5 Å². The number of hydrogen-bond donors (Lipinski definition) is 1. The number of fused-ring (bicyclic) bond motifs is 2. The molecule has 160 valence electrons. The van der Waals surface area contributed by atoms with E-state index >= 15 is 0 Å². The van der Waals surface area contributed by atoms with Crippen molar-refractivity contribution in [3.8, 4) is 0 Å². The molecule has 10 heteroatoms. The molecule has 1 aromatic carbocycles. The van der Waals surface area contributed by atoms with Gasteiger partial charge in [-0.25, -0.2) is 13.0 Å². The Morgan fingerprint density at radius 3 is 2.58 bits per heavy atom. The number of ether oxygens (including phenoxy) is 1. The Labute approximate surface area is 183 Å². The van der Waals surface area contributed by atoms with Gasteiger partial charge >= 0.3 is 0 Å². The van der Waals surface area contributed by atoms with Gasteiger partial charge in [-0.3, -0.25) is 9.20 Å². The van der Waals surface area contributed by atoms with E-state index in [1.54, 1.807) is 12.3 Å². The average Bonchev–Trinajstić information content (AvgIpc) is 2.74. The molecule has 0 spiro atoms. The summed E-state index contributed by atoms with van der Waals surface area (Å²) in [5.41, 5.74) is 7.52. The van der Waals surface area contributed by atoms with Gasteiger partial charge in [0.1, 0.15) is 10.3 Å². The third-order valence-corrected chi connectivity index (χ3v) is 7.04. The molecule has 0 atom stereocenters. The molecule has 0 bridgehead atoms. The minimum absolute atomic E-state index is 0.0194. The number of anilines is 1. The van der Waals surface area contributed by atoms with E-state index in [2.05, 4.69) is 4.98 Å². The van der Waals surface area contributed by atoms with E-state index in [9.17, 15) is 13.2 Å².